The fourth-order valence-corrected chi connectivity index (χ4v) is 3.31. The van der Waals surface area contributed by atoms with Gasteiger partial charge < -0.3 is 15.0 Å². The van der Waals surface area contributed by atoms with Crippen LogP contribution < -0.4 is 10.1 Å². The highest BCUT2D eigenvalue weighted by molar-refractivity contribution is 5.74. The summed E-state index contributed by atoms with van der Waals surface area (Å²) in [5.41, 5.74) is 1.56. The highest BCUT2D eigenvalue weighted by Gasteiger charge is 2.39. The van der Waals surface area contributed by atoms with Gasteiger partial charge in [0.25, 0.3) is 0 Å². The van der Waals surface area contributed by atoms with Gasteiger partial charge in [-0.15, -0.1) is 0 Å². The smallest absolute Gasteiger partial charge is 0.317 e. The van der Waals surface area contributed by atoms with E-state index in [0.717, 1.165) is 36.4 Å². The molecule has 1 aromatic heterocycles. The fourth-order valence-electron chi connectivity index (χ4n) is 3.31. The van der Waals surface area contributed by atoms with E-state index in [2.05, 4.69) is 27.7 Å². The molecule has 2 aliphatic heterocycles. The van der Waals surface area contributed by atoms with Crippen molar-refractivity contribution in [2.75, 3.05) is 13.1 Å². The molecule has 1 aromatic carbocycles. The summed E-state index contributed by atoms with van der Waals surface area (Å²) in [6, 6.07) is 9.78. The zero-order chi connectivity index (χ0) is 16.4. The van der Waals surface area contributed by atoms with E-state index in [1.807, 2.05) is 35.2 Å². The van der Waals surface area contributed by atoms with Crippen molar-refractivity contribution in [3.63, 3.8) is 0 Å². The molecule has 3 heterocycles. The Labute approximate surface area is 140 Å². The molecule has 2 aliphatic rings. The van der Waals surface area contributed by atoms with Crippen molar-refractivity contribution >= 4 is 12.1 Å². The molecule has 1 fully saturated rings. The monoisotopic (exact) mass is 324 g/mol. The van der Waals surface area contributed by atoms with E-state index in [-0.39, 0.29) is 6.03 Å². The van der Waals surface area contributed by atoms with Gasteiger partial charge in [0, 0.05) is 18.3 Å². The maximum atomic E-state index is 12.5. The molecule has 6 heteroatoms. The standard InChI is InChI=1S/C18H20N4O2/c23-17(19-12-15-7-10-20-21-15)22-11-3-8-18(13-22)9-6-14-4-1-2-5-16(14)24-18/h1-2,4-7,9-10H,3,8,11-13H2,(H,19,23)(H,20,21). The quantitative estimate of drug-likeness (QED) is 0.892. The number of ether oxygens (including phenoxy) is 1. The predicted octanol–water partition coefficient (Wildman–Crippen LogP) is 2.56. The first kappa shape index (κ1) is 14.8. The van der Waals surface area contributed by atoms with Crippen molar-refractivity contribution < 1.29 is 9.53 Å². The number of para-hydroxylation sites is 1. The predicted molar refractivity (Wildman–Crippen MR) is 90.5 cm³/mol. The van der Waals surface area contributed by atoms with Gasteiger partial charge in [0.05, 0.1) is 18.8 Å². The maximum absolute atomic E-state index is 12.5. The molecular weight excluding hydrogens is 304 g/mol. The minimum absolute atomic E-state index is 0.0699. The summed E-state index contributed by atoms with van der Waals surface area (Å²) >= 11 is 0. The molecule has 2 amide bonds. The van der Waals surface area contributed by atoms with Crippen molar-refractivity contribution in [3.05, 3.63) is 53.9 Å². The molecule has 0 aliphatic carbocycles. The van der Waals surface area contributed by atoms with Gasteiger partial charge in [0.15, 0.2) is 0 Å². The summed E-state index contributed by atoms with van der Waals surface area (Å²) in [6.45, 7) is 1.75. The molecule has 124 valence electrons. The van der Waals surface area contributed by atoms with E-state index < -0.39 is 5.60 Å². The number of likely N-dealkylation sites (tertiary alicyclic amines) is 1. The van der Waals surface area contributed by atoms with Gasteiger partial charge in [-0.25, -0.2) is 4.79 Å². The first-order valence-electron chi connectivity index (χ1n) is 8.22. The summed E-state index contributed by atoms with van der Waals surface area (Å²) < 4.78 is 6.27. The number of H-pyrrole nitrogens is 1. The Morgan fingerprint density at radius 3 is 3.17 bits per heavy atom. The molecule has 0 radical (unpaired) electrons. The maximum Gasteiger partial charge on any atom is 0.317 e. The van der Waals surface area contributed by atoms with E-state index in [4.69, 9.17) is 4.74 Å². The zero-order valence-corrected chi connectivity index (χ0v) is 13.4. The molecule has 0 saturated carbocycles. The van der Waals surface area contributed by atoms with Crippen LogP contribution in [0.25, 0.3) is 6.08 Å². The number of piperidine rings is 1. The Balaban J connectivity index is 1.43. The molecule has 1 spiro atoms. The number of urea groups is 1. The Morgan fingerprint density at radius 1 is 1.38 bits per heavy atom. The summed E-state index contributed by atoms with van der Waals surface area (Å²) in [5, 5.41) is 9.66. The van der Waals surface area contributed by atoms with Gasteiger partial charge in [0.1, 0.15) is 11.4 Å². The number of fused-ring (bicyclic) bond motifs is 1. The van der Waals surface area contributed by atoms with Crippen LogP contribution in [0.4, 0.5) is 4.79 Å². The normalized spacial score (nSPS) is 22.1. The fraction of sp³-hybridized carbons (Fsp3) is 0.333. The molecule has 24 heavy (non-hydrogen) atoms. The number of benzene rings is 1. The number of nitrogens with one attached hydrogen (secondary N) is 2. The van der Waals surface area contributed by atoms with Crippen LogP contribution >= 0.6 is 0 Å². The van der Waals surface area contributed by atoms with Crippen LogP contribution in [0.1, 0.15) is 24.1 Å². The van der Waals surface area contributed by atoms with Gasteiger partial charge in [-0.3, -0.25) is 5.10 Å². The second-order valence-corrected chi connectivity index (χ2v) is 6.30. The number of hydrogen-bond donors (Lipinski definition) is 2. The molecule has 1 unspecified atom stereocenters. The van der Waals surface area contributed by atoms with Crippen molar-refractivity contribution in [1.82, 2.24) is 20.4 Å². The van der Waals surface area contributed by atoms with Crippen LogP contribution in [0.2, 0.25) is 0 Å². The summed E-state index contributed by atoms with van der Waals surface area (Å²) in [7, 11) is 0. The molecular formula is C18H20N4O2. The van der Waals surface area contributed by atoms with Crippen molar-refractivity contribution in [1.29, 1.82) is 0 Å². The largest absolute Gasteiger partial charge is 0.481 e. The van der Waals surface area contributed by atoms with E-state index in [9.17, 15) is 4.79 Å². The van der Waals surface area contributed by atoms with Gasteiger partial charge in [0.2, 0.25) is 0 Å². The van der Waals surface area contributed by atoms with Gasteiger partial charge in [-0.2, -0.15) is 5.10 Å². The van der Waals surface area contributed by atoms with Gasteiger partial charge in [-0.05, 0) is 31.1 Å². The molecule has 6 nitrogen and oxygen atoms in total. The van der Waals surface area contributed by atoms with Crippen LogP contribution in [0.3, 0.4) is 0 Å². The topological polar surface area (TPSA) is 70.2 Å². The third-order valence-electron chi connectivity index (χ3n) is 4.56. The molecule has 0 bridgehead atoms. The average Bonchev–Trinajstić information content (AvgIpc) is 3.13. The van der Waals surface area contributed by atoms with Crippen LogP contribution in [-0.2, 0) is 6.54 Å². The summed E-state index contributed by atoms with van der Waals surface area (Å²) in [4.78, 5) is 14.3. The third kappa shape index (κ3) is 2.87. The highest BCUT2D eigenvalue weighted by atomic mass is 16.5. The Bertz CT molecular complexity index is 756. The van der Waals surface area contributed by atoms with Crippen molar-refractivity contribution in [2.24, 2.45) is 0 Å². The number of rotatable bonds is 2. The summed E-state index contributed by atoms with van der Waals surface area (Å²) in [5.74, 6) is 0.889. The lowest BCUT2D eigenvalue weighted by Crippen LogP contribution is -2.55. The number of nitrogens with zero attached hydrogens (tertiary/aromatic N) is 2. The van der Waals surface area contributed by atoms with E-state index in [1.165, 1.54) is 0 Å². The van der Waals surface area contributed by atoms with Crippen LogP contribution in [0.5, 0.6) is 5.75 Å². The molecule has 2 aromatic rings. The average molecular weight is 324 g/mol. The first-order valence-corrected chi connectivity index (χ1v) is 8.22. The minimum Gasteiger partial charge on any atom is -0.481 e. The number of aromatic amines is 1. The van der Waals surface area contributed by atoms with Gasteiger partial charge >= 0.3 is 6.03 Å². The van der Waals surface area contributed by atoms with Crippen LogP contribution in [0.15, 0.2) is 42.6 Å². The van der Waals surface area contributed by atoms with E-state index in [0.29, 0.717) is 13.1 Å². The Hall–Kier alpha value is -2.76. The van der Waals surface area contributed by atoms with E-state index >= 15 is 0 Å². The van der Waals surface area contributed by atoms with Crippen molar-refractivity contribution in [3.8, 4) is 5.75 Å². The van der Waals surface area contributed by atoms with Crippen molar-refractivity contribution in [2.45, 2.75) is 25.0 Å². The lowest BCUT2D eigenvalue weighted by molar-refractivity contribution is 0.0414. The second kappa shape index (κ2) is 6.03. The Kier molecular flexibility index (Phi) is 3.72. The van der Waals surface area contributed by atoms with E-state index in [1.54, 1.807) is 6.20 Å². The highest BCUT2D eigenvalue weighted by Crippen LogP contribution is 2.35. The van der Waals surface area contributed by atoms with Gasteiger partial charge in [-0.1, -0.05) is 24.3 Å². The lowest BCUT2D eigenvalue weighted by Gasteiger charge is -2.42. The number of carbonyl (C=O) groups excluding carboxylic acids is 1. The number of hydrogen-bond acceptors (Lipinski definition) is 3. The lowest BCUT2D eigenvalue weighted by atomic mass is 9.89. The number of aromatic nitrogens is 2. The Morgan fingerprint density at radius 2 is 2.29 bits per heavy atom. The number of amides is 2. The minimum atomic E-state index is -0.419. The zero-order valence-electron chi connectivity index (χ0n) is 13.4. The van der Waals surface area contributed by atoms with Crippen LogP contribution in [-0.4, -0.2) is 39.8 Å². The second-order valence-electron chi connectivity index (χ2n) is 6.30. The SMILES string of the molecule is O=C(NCc1ccn[nH]1)N1CCCC2(C=Cc3ccccc3O2)C1. The number of carbonyl (C=O) groups is 1. The third-order valence-corrected chi connectivity index (χ3v) is 4.56. The molecule has 4 rings (SSSR count). The molecule has 1 saturated heterocycles. The molecule has 2 N–H and O–H groups in total. The first-order chi connectivity index (χ1) is 11.7. The van der Waals surface area contributed by atoms with Crippen LogP contribution in [0, 0.1) is 0 Å². The summed E-state index contributed by atoms with van der Waals surface area (Å²) in [6.07, 6.45) is 7.72. The molecule has 1 atom stereocenters.